The fraction of sp³-hybridized carbons (Fsp3) is 0.333. The van der Waals surface area contributed by atoms with Gasteiger partial charge in [-0.2, -0.15) is 4.98 Å². The maximum absolute atomic E-state index is 5.44. The lowest BCUT2D eigenvalue weighted by molar-refractivity contribution is 0.422. The average molecular weight is 217 g/mol. The Labute approximate surface area is 94.5 Å². The van der Waals surface area contributed by atoms with Crippen molar-refractivity contribution in [3.63, 3.8) is 0 Å². The molecule has 0 fully saturated rings. The molecule has 0 unspecified atom stereocenters. The molecule has 0 saturated heterocycles. The minimum atomic E-state index is 0.536. The molecule has 0 aliphatic carbocycles. The van der Waals surface area contributed by atoms with Crippen molar-refractivity contribution in [2.24, 2.45) is 5.73 Å². The van der Waals surface area contributed by atoms with Crippen LogP contribution < -0.4 is 5.73 Å². The third-order valence-electron chi connectivity index (χ3n) is 2.46. The highest BCUT2D eigenvalue weighted by molar-refractivity contribution is 5.58. The first kappa shape index (κ1) is 10.8. The molecular formula is C12H15N3O. The summed E-state index contributed by atoms with van der Waals surface area (Å²) in [6, 6.07) is 8.06. The van der Waals surface area contributed by atoms with E-state index in [1.807, 2.05) is 18.2 Å². The van der Waals surface area contributed by atoms with Gasteiger partial charge < -0.3 is 10.3 Å². The smallest absolute Gasteiger partial charge is 0.258 e. The zero-order valence-corrected chi connectivity index (χ0v) is 9.31. The van der Waals surface area contributed by atoms with Crippen LogP contribution in [0.2, 0.25) is 0 Å². The lowest BCUT2D eigenvalue weighted by Crippen LogP contribution is -2.03. The molecule has 0 atom stereocenters. The van der Waals surface area contributed by atoms with Crippen LogP contribution in [-0.4, -0.2) is 16.7 Å². The quantitative estimate of drug-likeness (QED) is 0.848. The molecule has 16 heavy (non-hydrogen) atoms. The minimum Gasteiger partial charge on any atom is -0.334 e. The molecule has 0 amide bonds. The molecule has 0 aliphatic heterocycles. The first-order valence-corrected chi connectivity index (χ1v) is 5.46. The number of aryl methyl sites for hydroxylation is 1. The normalized spacial score (nSPS) is 10.6. The van der Waals surface area contributed by atoms with Gasteiger partial charge in [0.1, 0.15) is 0 Å². The van der Waals surface area contributed by atoms with Gasteiger partial charge in [0.05, 0.1) is 0 Å². The molecule has 2 rings (SSSR count). The lowest BCUT2D eigenvalue weighted by atomic mass is 10.1. The Morgan fingerprint density at radius 2 is 2.12 bits per heavy atom. The Bertz CT molecular complexity index is 465. The molecule has 1 aromatic heterocycles. The Balaban J connectivity index is 2.34. The van der Waals surface area contributed by atoms with Gasteiger partial charge in [-0.05, 0) is 24.6 Å². The maximum Gasteiger partial charge on any atom is 0.258 e. The van der Waals surface area contributed by atoms with Crippen molar-refractivity contribution in [1.82, 2.24) is 10.1 Å². The predicted octanol–water partition coefficient (Wildman–Crippen LogP) is 1.80. The predicted molar refractivity (Wildman–Crippen MR) is 61.9 cm³/mol. The first-order valence-electron chi connectivity index (χ1n) is 5.46. The van der Waals surface area contributed by atoms with Crippen LogP contribution in [0.4, 0.5) is 0 Å². The van der Waals surface area contributed by atoms with E-state index in [-0.39, 0.29) is 0 Å². The van der Waals surface area contributed by atoms with Crippen LogP contribution in [0, 0.1) is 0 Å². The molecule has 1 aromatic carbocycles. The van der Waals surface area contributed by atoms with E-state index in [0.29, 0.717) is 24.7 Å². The Kier molecular flexibility index (Phi) is 3.31. The SMILES string of the molecule is CCc1ccccc1-c1nc(CCN)no1. The second-order valence-electron chi connectivity index (χ2n) is 3.57. The molecule has 2 N–H and O–H groups in total. The summed E-state index contributed by atoms with van der Waals surface area (Å²) >= 11 is 0. The Morgan fingerprint density at radius 1 is 1.31 bits per heavy atom. The van der Waals surface area contributed by atoms with Crippen LogP contribution in [0.15, 0.2) is 28.8 Å². The molecule has 0 aliphatic rings. The number of hydrogen-bond acceptors (Lipinski definition) is 4. The fourth-order valence-corrected chi connectivity index (χ4v) is 1.63. The molecule has 1 heterocycles. The second kappa shape index (κ2) is 4.90. The highest BCUT2D eigenvalue weighted by Gasteiger charge is 2.10. The van der Waals surface area contributed by atoms with Crippen molar-refractivity contribution < 1.29 is 4.52 Å². The first-order chi connectivity index (χ1) is 7.85. The molecule has 84 valence electrons. The number of hydrogen-bond donors (Lipinski definition) is 1. The highest BCUT2D eigenvalue weighted by atomic mass is 16.5. The van der Waals surface area contributed by atoms with Crippen LogP contribution in [0.1, 0.15) is 18.3 Å². The van der Waals surface area contributed by atoms with Crippen molar-refractivity contribution in [2.45, 2.75) is 19.8 Å². The zero-order chi connectivity index (χ0) is 11.4. The van der Waals surface area contributed by atoms with Gasteiger partial charge in [-0.3, -0.25) is 0 Å². The van der Waals surface area contributed by atoms with Crippen molar-refractivity contribution in [1.29, 1.82) is 0 Å². The molecule has 0 spiro atoms. The molecule has 0 saturated carbocycles. The summed E-state index contributed by atoms with van der Waals surface area (Å²) in [5, 5.41) is 3.89. The van der Waals surface area contributed by atoms with Gasteiger partial charge in [-0.15, -0.1) is 0 Å². The van der Waals surface area contributed by atoms with Crippen LogP contribution in [-0.2, 0) is 12.8 Å². The average Bonchev–Trinajstić information content (AvgIpc) is 2.78. The summed E-state index contributed by atoms with van der Waals surface area (Å²) in [5.41, 5.74) is 7.67. The van der Waals surface area contributed by atoms with E-state index in [2.05, 4.69) is 23.1 Å². The van der Waals surface area contributed by atoms with Crippen molar-refractivity contribution in [2.75, 3.05) is 6.54 Å². The number of benzene rings is 1. The zero-order valence-electron chi connectivity index (χ0n) is 9.31. The standard InChI is InChI=1S/C12H15N3O/c1-2-9-5-3-4-6-10(9)12-14-11(7-8-13)15-16-12/h3-6H,2,7-8,13H2,1H3. The summed E-state index contributed by atoms with van der Waals surface area (Å²) in [7, 11) is 0. The van der Waals surface area contributed by atoms with Crippen LogP contribution in [0.25, 0.3) is 11.5 Å². The molecule has 0 bridgehead atoms. The van der Waals surface area contributed by atoms with Crippen LogP contribution >= 0.6 is 0 Å². The highest BCUT2D eigenvalue weighted by Crippen LogP contribution is 2.22. The molecule has 0 radical (unpaired) electrons. The number of nitrogens with two attached hydrogens (primary N) is 1. The summed E-state index contributed by atoms with van der Waals surface area (Å²) in [6.45, 7) is 2.64. The molecular weight excluding hydrogens is 202 g/mol. The van der Waals surface area contributed by atoms with Crippen LogP contribution in [0.5, 0.6) is 0 Å². The van der Waals surface area contributed by atoms with Crippen molar-refractivity contribution >= 4 is 0 Å². The van der Waals surface area contributed by atoms with Gasteiger partial charge in [0.15, 0.2) is 5.82 Å². The molecule has 4 heteroatoms. The minimum absolute atomic E-state index is 0.536. The molecule has 2 aromatic rings. The van der Waals surface area contributed by atoms with E-state index in [1.54, 1.807) is 0 Å². The number of nitrogens with zero attached hydrogens (tertiary/aromatic N) is 2. The van der Waals surface area contributed by atoms with Gasteiger partial charge in [-0.25, -0.2) is 0 Å². The third-order valence-corrected chi connectivity index (χ3v) is 2.46. The Morgan fingerprint density at radius 3 is 2.88 bits per heavy atom. The second-order valence-corrected chi connectivity index (χ2v) is 3.57. The maximum atomic E-state index is 5.44. The van der Waals surface area contributed by atoms with Gasteiger partial charge in [-0.1, -0.05) is 30.3 Å². The van der Waals surface area contributed by atoms with E-state index in [9.17, 15) is 0 Å². The number of rotatable bonds is 4. The van der Waals surface area contributed by atoms with E-state index in [0.717, 1.165) is 12.0 Å². The van der Waals surface area contributed by atoms with E-state index >= 15 is 0 Å². The van der Waals surface area contributed by atoms with E-state index < -0.39 is 0 Å². The Hall–Kier alpha value is -1.68. The van der Waals surface area contributed by atoms with E-state index in [4.69, 9.17) is 10.3 Å². The summed E-state index contributed by atoms with van der Waals surface area (Å²) < 4.78 is 5.23. The summed E-state index contributed by atoms with van der Waals surface area (Å²) in [4.78, 5) is 4.32. The summed E-state index contributed by atoms with van der Waals surface area (Å²) in [5.74, 6) is 1.25. The van der Waals surface area contributed by atoms with Crippen molar-refractivity contribution in [3.05, 3.63) is 35.7 Å². The van der Waals surface area contributed by atoms with Gasteiger partial charge in [0, 0.05) is 12.0 Å². The van der Waals surface area contributed by atoms with Gasteiger partial charge in [0.25, 0.3) is 5.89 Å². The topological polar surface area (TPSA) is 64.9 Å². The van der Waals surface area contributed by atoms with Gasteiger partial charge in [0.2, 0.25) is 0 Å². The monoisotopic (exact) mass is 217 g/mol. The summed E-state index contributed by atoms with van der Waals surface area (Å²) in [6.07, 6.45) is 1.60. The van der Waals surface area contributed by atoms with Gasteiger partial charge >= 0.3 is 0 Å². The largest absolute Gasteiger partial charge is 0.334 e. The van der Waals surface area contributed by atoms with Crippen LogP contribution in [0.3, 0.4) is 0 Å². The fourth-order valence-electron chi connectivity index (χ4n) is 1.63. The molecule has 4 nitrogen and oxygen atoms in total. The third kappa shape index (κ3) is 2.12. The van der Waals surface area contributed by atoms with Crippen molar-refractivity contribution in [3.8, 4) is 11.5 Å². The number of aromatic nitrogens is 2. The lowest BCUT2D eigenvalue weighted by Gasteiger charge is -2.01. The van der Waals surface area contributed by atoms with E-state index in [1.165, 1.54) is 5.56 Å².